The number of aryl methyl sites for hydroxylation is 2. The Hall–Kier alpha value is -1.23. The number of phenolic OH excluding ortho intramolecular Hbond substituents is 1. The average molecular weight is 233 g/mol. The Balaban J connectivity index is 3.04. The van der Waals surface area contributed by atoms with Crippen LogP contribution in [-0.2, 0) is 0 Å². The van der Waals surface area contributed by atoms with E-state index in [-0.39, 0.29) is 5.75 Å². The third-order valence-electron chi connectivity index (χ3n) is 2.40. The zero-order valence-electron chi connectivity index (χ0n) is 9.10. The van der Waals surface area contributed by atoms with Crippen LogP contribution in [0.1, 0.15) is 29.2 Å². The number of rotatable bonds is 2. The summed E-state index contributed by atoms with van der Waals surface area (Å²) in [6, 6.07) is 1.75. The van der Waals surface area contributed by atoms with Crippen LogP contribution in [0.3, 0.4) is 0 Å². The van der Waals surface area contributed by atoms with E-state index in [4.69, 9.17) is 5.73 Å². The van der Waals surface area contributed by atoms with E-state index in [2.05, 4.69) is 0 Å². The van der Waals surface area contributed by atoms with Gasteiger partial charge in [0.05, 0.1) is 6.42 Å². The maximum atomic E-state index is 12.2. The first-order valence-electron chi connectivity index (χ1n) is 4.83. The fourth-order valence-corrected chi connectivity index (χ4v) is 1.89. The molecule has 0 unspecified atom stereocenters. The predicted octanol–water partition coefficient (Wildman–Crippen LogP) is 2.96. The number of halogens is 3. The van der Waals surface area contributed by atoms with E-state index in [0.29, 0.717) is 16.7 Å². The molecule has 0 amide bonds. The van der Waals surface area contributed by atoms with Crippen LogP contribution < -0.4 is 5.73 Å². The van der Waals surface area contributed by atoms with Gasteiger partial charge < -0.3 is 10.8 Å². The van der Waals surface area contributed by atoms with Gasteiger partial charge in [0.25, 0.3) is 0 Å². The molecule has 0 fully saturated rings. The van der Waals surface area contributed by atoms with E-state index in [0.717, 1.165) is 0 Å². The summed E-state index contributed by atoms with van der Waals surface area (Å²) >= 11 is 0. The largest absolute Gasteiger partial charge is 0.508 e. The third-order valence-corrected chi connectivity index (χ3v) is 2.40. The van der Waals surface area contributed by atoms with Gasteiger partial charge in [-0.05, 0) is 42.7 Å². The predicted molar refractivity (Wildman–Crippen MR) is 55.2 cm³/mol. The maximum Gasteiger partial charge on any atom is 0.390 e. The van der Waals surface area contributed by atoms with E-state index < -0.39 is 18.6 Å². The molecule has 1 rings (SSSR count). The first-order valence-corrected chi connectivity index (χ1v) is 4.83. The van der Waals surface area contributed by atoms with E-state index in [1.807, 2.05) is 0 Å². The van der Waals surface area contributed by atoms with Crippen molar-refractivity contribution in [1.29, 1.82) is 0 Å². The van der Waals surface area contributed by atoms with Crippen molar-refractivity contribution < 1.29 is 18.3 Å². The Labute approximate surface area is 91.9 Å². The van der Waals surface area contributed by atoms with Crippen LogP contribution in [0.5, 0.6) is 5.75 Å². The quantitative estimate of drug-likeness (QED) is 0.824. The SMILES string of the molecule is Cc1cc(O)cc(C)c1[C@H](N)CC(F)(F)F. The van der Waals surface area contributed by atoms with Crippen LogP contribution in [-0.4, -0.2) is 11.3 Å². The molecule has 0 aliphatic carbocycles. The highest BCUT2D eigenvalue weighted by atomic mass is 19.4. The number of benzene rings is 1. The van der Waals surface area contributed by atoms with Gasteiger partial charge in [0.2, 0.25) is 0 Å². The molecule has 1 aromatic rings. The van der Waals surface area contributed by atoms with Gasteiger partial charge in [0.1, 0.15) is 5.75 Å². The Kier molecular flexibility index (Phi) is 3.48. The minimum absolute atomic E-state index is 0.0398. The molecule has 1 aromatic carbocycles. The highest BCUT2D eigenvalue weighted by Crippen LogP contribution is 2.32. The van der Waals surface area contributed by atoms with Crippen molar-refractivity contribution in [3.05, 3.63) is 28.8 Å². The van der Waals surface area contributed by atoms with E-state index in [1.54, 1.807) is 13.8 Å². The Morgan fingerprint density at radius 2 is 1.69 bits per heavy atom. The van der Waals surface area contributed by atoms with E-state index in [1.165, 1.54) is 12.1 Å². The maximum absolute atomic E-state index is 12.2. The molecular formula is C11H14F3NO. The highest BCUT2D eigenvalue weighted by molar-refractivity contribution is 5.42. The summed E-state index contributed by atoms with van der Waals surface area (Å²) in [5, 5.41) is 9.27. The van der Waals surface area contributed by atoms with Gasteiger partial charge in [-0.2, -0.15) is 13.2 Å². The Morgan fingerprint density at radius 1 is 1.25 bits per heavy atom. The van der Waals surface area contributed by atoms with Crippen molar-refractivity contribution in [2.45, 2.75) is 32.5 Å². The van der Waals surface area contributed by atoms with Gasteiger partial charge in [-0.25, -0.2) is 0 Å². The molecule has 0 spiro atoms. The van der Waals surface area contributed by atoms with Gasteiger partial charge in [0, 0.05) is 6.04 Å². The van der Waals surface area contributed by atoms with Crippen LogP contribution in [0.2, 0.25) is 0 Å². The average Bonchev–Trinajstić information content (AvgIpc) is 1.96. The molecule has 0 aromatic heterocycles. The summed E-state index contributed by atoms with van der Waals surface area (Å²) in [5.41, 5.74) is 7.14. The lowest BCUT2D eigenvalue weighted by Gasteiger charge is -2.19. The number of alkyl halides is 3. The molecule has 1 atom stereocenters. The topological polar surface area (TPSA) is 46.2 Å². The number of aromatic hydroxyl groups is 1. The lowest BCUT2D eigenvalue weighted by atomic mass is 9.94. The molecule has 0 saturated carbocycles. The molecule has 90 valence electrons. The van der Waals surface area contributed by atoms with Gasteiger partial charge in [-0.1, -0.05) is 0 Å². The Bertz CT molecular complexity index is 364. The molecule has 0 heterocycles. The normalized spacial score (nSPS) is 13.9. The van der Waals surface area contributed by atoms with Crippen LogP contribution in [0.25, 0.3) is 0 Å². The third kappa shape index (κ3) is 3.13. The number of phenols is 1. The van der Waals surface area contributed by atoms with Crippen LogP contribution in [0, 0.1) is 13.8 Å². The first-order chi connectivity index (χ1) is 7.20. The summed E-state index contributed by atoms with van der Waals surface area (Å²) in [4.78, 5) is 0. The van der Waals surface area contributed by atoms with Gasteiger partial charge in [-0.3, -0.25) is 0 Å². The molecule has 0 bridgehead atoms. The molecule has 0 saturated heterocycles. The molecule has 2 nitrogen and oxygen atoms in total. The molecular weight excluding hydrogens is 219 g/mol. The minimum atomic E-state index is -4.28. The minimum Gasteiger partial charge on any atom is -0.508 e. The van der Waals surface area contributed by atoms with Crippen molar-refractivity contribution in [2.75, 3.05) is 0 Å². The molecule has 0 radical (unpaired) electrons. The van der Waals surface area contributed by atoms with Crippen molar-refractivity contribution in [3.63, 3.8) is 0 Å². The highest BCUT2D eigenvalue weighted by Gasteiger charge is 2.32. The summed E-state index contributed by atoms with van der Waals surface area (Å²) in [7, 11) is 0. The second-order valence-electron chi connectivity index (χ2n) is 3.92. The summed E-state index contributed by atoms with van der Waals surface area (Å²) in [6.45, 7) is 3.27. The first kappa shape index (κ1) is 12.8. The summed E-state index contributed by atoms with van der Waals surface area (Å²) < 4.78 is 36.6. The van der Waals surface area contributed by atoms with E-state index in [9.17, 15) is 18.3 Å². The fourth-order valence-electron chi connectivity index (χ4n) is 1.89. The molecule has 16 heavy (non-hydrogen) atoms. The van der Waals surface area contributed by atoms with Crippen LogP contribution >= 0.6 is 0 Å². The lowest BCUT2D eigenvalue weighted by molar-refractivity contribution is -0.138. The van der Waals surface area contributed by atoms with Gasteiger partial charge >= 0.3 is 6.18 Å². The summed E-state index contributed by atoms with van der Waals surface area (Å²) in [6.07, 6.45) is -5.34. The number of hydrogen-bond acceptors (Lipinski definition) is 2. The lowest BCUT2D eigenvalue weighted by Crippen LogP contribution is -2.21. The molecule has 0 aliphatic heterocycles. The molecule has 5 heteroatoms. The van der Waals surface area contributed by atoms with Crippen molar-refractivity contribution in [1.82, 2.24) is 0 Å². The summed E-state index contributed by atoms with van der Waals surface area (Å²) in [5.74, 6) is 0.0398. The number of hydrogen-bond donors (Lipinski definition) is 2. The molecule has 0 aliphatic rings. The van der Waals surface area contributed by atoms with E-state index >= 15 is 0 Å². The monoisotopic (exact) mass is 233 g/mol. The standard InChI is InChI=1S/C11H14F3NO/c1-6-3-8(16)4-7(2)10(6)9(15)5-11(12,13)14/h3-4,9,16H,5,15H2,1-2H3/t9-/m1/s1. The smallest absolute Gasteiger partial charge is 0.390 e. The fraction of sp³-hybridized carbons (Fsp3) is 0.455. The number of nitrogens with two attached hydrogens (primary N) is 1. The van der Waals surface area contributed by atoms with Crippen LogP contribution in [0.15, 0.2) is 12.1 Å². The van der Waals surface area contributed by atoms with Gasteiger partial charge in [-0.15, -0.1) is 0 Å². The zero-order chi connectivity index (χ0) is 12.5. The van der Waals surface area contributed by atoms with Gasteiger partial charge in [0.15, 0.2) is 0 Å². The second-order valence-corrected chi connectivity index (χ2v) is 3.92. The molecule has 3 N–H and O–H groups in total. The van der Waals surface area contributed by atoms with Crippen molar-refractivity contribution in [3.8, 4) is 5.75 Å². The Morgan fingerprint density at radius 3 is 2.06 bits per heavy atom. The van der Waals surface area contributed by atoms with Crippen molar-refractivity contribution >= 4 is 0 Å². The van der Waals surface area contributed by atoms with Crippen LogP contribution in [0.4, 0.5) is 13.2 Å². The second kappa shape index (κ2) is 4.33. The zero-order valence-corrected chi connectivity index (χ0v) is 9.10. The van der Waals surface area contributed by atoms with Crippen molar-refractivity contribution in [2.24, 2.45) is 5.73 Å².